The molecule has 0 atom stereocenters. The maximum absolute atomic E-state index is 14.2. The van der Waals surface area contributed by atoms with Crippen molar-refractivity contribution in [3.05, 3.63) is 70.2 Å². The number of fused-ring (bicyclic) bond motifs is 1. The van der Waals surface area contributed by atoms with Gasteiger partial charge in [-0.25, -0.2) is 22.3 Å². The van der Waals surface area contributed by atoms with Crippen LogP contribution in [0, 0.1) is 17.7 Å². The number of H-pyrrole nitrogens is 1. The molecule has 0 amide bonds. The van der Waals surface area contributed by atoms with Gasteiger partial charge in [-0.05, 0) is 73.7 Å². The first kappa shape index (κ1) is 31.3. The smallest absolute Gasteiger partial charge is 0.355 e. The first-order valence-corrected chi connectivity index (χ1v) is 16.8. The van der Waals surface area contributed by atoms with Crippen LogP contribution in [0.3, 0.4) is 0 Å². The molecule has 4 aromatic rings. The van der Waals surface area contributed by atoms with Crippen molar-refractivity contribution in [1.82, 2.24) is 29.6 Å². The Morgan fingerprint density at radius 1 is 1.21 bits per heavy atom. The lowest BCUT2D eigenvalue weighted by molar-refractivity contribution is 0.0454. The number of hydrogen-bond acceptors (Lipinski definition) is 7. The Bertz CT molecular complexity index is 1680. The molecule has 0 aliphatic carbocycles. The normalized spacial score (nSPS) is 15.0. The van der Waals surface area contributed by atoms with Gasteiger partial charge in [-0.2, -0.15) is 0 Å². The number of halogens is 2. The summed E-state index contributed by atoms with van der Waals surface area (Å²) in [4.78, 5) is 18.3. The first-order chi connectivity index (χ1) is 20.6. The number of carbonyl (C=O) groups excluding carboxylic acids is 1. The molecule has 2 aromatic heterocycles. The molecule has 0 radical (unpaired) electrons. The molecule has 10 nitrogen and oxygen atoms in total. The fraction of sp³-hybridized carbons (Fsp3) is 0.433. The van der Waals surface area contributed by atoms with Crippen LogP contribution in [0.15, 0.2) is 53.1 Å². The summed E-state index contributed by atoms with van der Waals surface area (Å²) in [6.45, 7) is 7.55. The van der Waals surface area contributed by atoms with Crippen LogP contribution in [0.1, 0.15) is 42.7 Å². The number of rotatable bonds is 12. The Balaban J connectivity index is 1.16. The van der Waals surface area contributed by atoms with E-state index in [1.807, 2.05) is 32.0 Å². The van der Waals surface area contributed by atoms with Gasteiger partial charge < -0.3 is 14.6 Å². The number of likely N-dealkylation sites (tertiary alicyclic amines) is 1. The zero-order chi connectivity index (χ0) is 30.6. The Morgan fingerprint density at radius 3 is 2.74 bits per heavy atom. The van der Waals surface area contributed by atoms with Crippen molar-refractivity contribution in [3.63, 3.8) is 0 Å². The van der Waals surface area contributed by atoms with E-state index in [4.69, 9.17) is 4.74 Å². The molecule has 1 aliphatic heterocycles. The highest BCUT2D eigenvalue weighted by Gasteiger charge is 2.25. The number of esters is 1. The van der Waals surface area contributed by atoms with E-state index >= 15 is 0 Å². The molecule has 0 unspecified atom stereocenters. The van der Waals surface area contributed by atoms with E-state index in [1.165, 1.54) is 12.1 Å². The Labute approximate surface area is 259 Å². The predicted molar refractivity (Wildman–Crippen MR) is 166 cm³/mol. The van der Waals surface area contributed by atoms with Crippen LogP contribution in [0.4, 0.5) is 4.39 Å². The Morgan fingerprint density at radius 2 is 2.00 bits per heavy atom. The summed E-state index contributed by atoms with van der Waals surface area (Å²) in [6.07, 6.45) is 3.66. The molecule has 0 saturated carbocycles. The zero-order valence-corrected chi connectivity index (χ0v) is 26.6. The average Bonchev–Trinajstić information content (AvgIpc) is 3.56. The van der Waals surface area contributed by atoms with E-state index in [0.29, 0.717) is 47.7 Å². The minimum Gasteiger partial charge on any atom is -0.461 e. The number of aromatic amines is 1. The number of hydrogen-bond donors (Lipinski definition) is 2. The first-order valence-electron chi connectivity index (χ1n) is 14.4. The largest absolute Gasteiger partial charge is 0.461 e. The predicted octanol–water partition coefficient (Wildman–Crippen LogP) is 4.97. The molecule has 5 rings (SSSR count). The lowest BCUT2D eigenvalue weighted by atomic mass is 9.97. The Hall–Kier alpha value is -3.13. The third-order valence-corrected chi connectivity index (χ3v) is 9.31. The molecular weight excluding hydrogens is 639 g/mol. The van der Waals surface area contributed by atoms with Gasteiger partial charge >= 0.3 is 5.97 Å². The van der Waals surface area contributed by atoms with Gasteiger partial charge in [0.2, 0.25) is 10.0 Å². The van der Waals surface area contributed by atoms with Crippen molar-refractivity contribution in [2.75, 3.05) is 32.8 Å². The fourth-order valence-corrected chi connectivity index (χ4v) is 6.88. The molecule has 2 aromatic carbocycles. The van der Waals surface area contributed by atoms with Gasteiger partial charge in [0.25, 0.3) is 0 Å². The summed E-state index contributed by atoms with van der Waals surface area (Å²) in [5.74, 6) is -0.435. The van der Waals surface area contributed by atoms with Crippen LogP contribution in [-0.4, -0.2) is 72.1 Å². The van der Waals surface area contributed by atoms with Crippen LogP contribution in [0.5, 0.6) is 0 Å². The highest BCUT2D eigenvalue weighted by atomic mass is 79.9. The maximum atomic E-state index is 14.2. The lowest BCUT2D eigenvalue weighted by Gasteiger charge is -2.31. The van der Waals surface area contributed by atoms with E-state index in [0.717, 1.165) is 36.0 Å². The number of piperidine rings is 1. The second-order valence-corrected chi connectivity index (χ2v) is 14.2. The third-order valence-electron chi connectivity index (χ3n) is 7.46. The quantitative estimate of drug-likeness (QED) is 0.204. The van der Waals surface area contributed by atoms with Crippen LogP contribution >= 0.6 is 15.9 Å². The zero-order valence-electron chi connectivity index (χ0n) is 24.2. The van der Waals surface area contributed by atoms with E-state index in [1.54, 1.807) is 23.0 Å². The summed E-state index contributed by atoms with van der Waals surface area (Å²) in [6, 6.07) is 11.6. The summed E-state index contributed by atoms with van der Waals surface area (Å²) >= 11 is 3.38. The molecule has 3 heterocycles. The van der Waals surface area contributed by atoms with Crippen LogP contribution in [-0.2, 0) is 27.1 Å². The number of nitrogens with one attached hydrogen (secondary N) is 2. The van der Waals surface area contributed by atoms with Gasteiger partial charge in [0, 0.05) is 40.6 Å². The molecule has 13 heteroatoms. The minimum absolute atomic E-state index is 0.0531. The molecular formula is C30H36BrFN6O4S. The van der Waals surface area contributed by atoms with Gasteiger partial charge in [-0.3, -0.25) is 4.68 Å². The van der Waals surface area contributed by atoms with Gasteiger partial charge in [-0.1, -0.05) is 47.1 Å². The molecule has 0 spiro atoms. The second kappa shape index (κ2) is 13.7. The van der Waals surface area contributed by atoms with Gasteiger partial charge in [0.05, 0.1) is 18.6 Å². The fourth-order valence-electron chi connectivity index (χ4n) is 5.31. The molecule has 43 heavy (non-hydrogen) atoms. The topological polar surface area (TPSA) is 122 Å². The summed E-state index contributed by atoms with van der Waals surface area (Å²) in [7, 11) is -3.42. The number of benzene rings is 2. The van der Waals surface area contributed by atoms with E-state index in [2.05, 4.69) is 40.8 Å². The van der Waals surface area contributed by atoms with Crippen molar-refractivity contribution in [1.29, 1.82) is 0 Å². The van der Waals surface area contributed by atoms with Gasteiger partial charge in [0.1, 0.15) is 17.2 Å². The van der Waals surface area contributed by atoms with Crippen LogP contribution < -0.4 is 4.72 Å². The third kappa shape index (κ3) is 8.28. The highest BCUT2D eigenvalue weighted by Crippen LogP contribution is 2.32. The molecule has 1 saturated heterocycles. The molecule has 230 valence electrons. The van der Waals surface area contributed by atoms with Crippen molar-refractivity contribution >= 4 is 42.8 Å². The number of aromatic nitrogens is 4. The standard InChI is InChI=1S/C30H36BrFN6O4S/c1-20(2)18-42-30(39)29-28(25-15-24(32)6-7-26(25)34-29)27-17-38(36-35-27)16-21-8-11-37(12-9-21)13-10-33-43(40,41)19-22-4-3-5-23(31)14-22/h3-7,14-15,17,20-21,33-34H,8-13,16,18-19H2,1-2H3. The van der Waals surface area contributed by atoms with Crippen molar-refractivity contribution in [2.24, 2.45) is 11.8 Å². The molecule has 1 aliphatic rings. The van der Waals surface area contributed by atoms with E-state index in [9.17, 15) is 17.6 Å². The summed E-state index contributed by atoms with van der Waals surface area (Å²) < 4.78 is 50.0. The lowest BCUT2D eigenvalue weighted by Crippen LogP contribution is -2.40. The highest BCUT2D eigenvalue weighted by molar-refractivity contribution is 9.10. The Kier molecular flexibility index (Phi) is 9.95. The average molecular weight is 676 g/mol. The summed E-state index contributed by atoms with van der Waals surface area (Å²) in [5, 5.41) is 9.20. The van der Waals surface area contributed by atoms with Gasteiger partial charge in [-0.15, -0.1) is 5.10 Å². The molecule has 2 N–H and O–H groups in total. The van der Waals surface area contributed by atoms with Crippen LogP contribution in [0.2, 0.25) is 0 Å². The molecule has 0 bridgehead atoms. The number of nitrogens with zero attached hydrogens (tertiary/aromatic N) is 4. The maximum Gasteiger partial charge on any atom is 0.355 e. The van der Waals surface area contributed by atoms with Crippen molar-refractivity contribution in [2.45, 2.75) is 39.0 Å². The number of sulfonamides is 1. The van der Waals surface area contributed by atoms with Crippen LogP contribution in [0.25, 0.3) is 22.2 Å². The van der Waals surface area contributed by atoms with E-state index < -0.39 is 21.8 Å². The SMILES string of the molecule is CC(C)COC(=O)c1[nH]c2ccc(F)cc2c1-c1cn(CC2CCN(CCNS(=O)(=O)Cc3cccc(Br)c3)CC2)nn1. The van der Waals surface area contributed by atoms with Crippen molar-refractivity contribution in [3.8, 4) is 11.3 Å². The van der Waals surface area contributed by atoms with Crippen molar-refractivity contribution < 1.29 is 22.3 Å². The van der Waals surface area contributed by atoms with Gasteiger partial charge in [0.15, 0.2) is 0 Å². The number of carbonyl (C=O) groups is 1. The second-order valence-electron chi connectivity index (χ2n) is 11.5. The monoisotopic (exact) mass is 674 g/mol. The summed E-state index contributed by atoms with van der Waals surface area (Å²) in [5.41, 5.74) is 2.53. The minimum atomic E-state index is -3.42. The number of ether oxygens (including phenoxy) is 1. The van der Waals surface area contributed by atoms with E-state index in [-0.39, 0.29) is 24.0 Å². The molecule has 1 fully saturated rings.